The van der Waals surface area contributed by atoms with Gasteiger partial charge in [0, 0.05) is 16.0 Å². The van der Waals surface area contributed by atoms with E-state index in [4.69, 9.17) is 9.47 Å². The maximum absolute atomic E-state index is 5.83. The summed E-state index contributed by atoms with van der Waals surface area (Å²) < 4.78 is 12.8. The molecule has 1 fully saturated rings. The molecule has 1 aliphatic rings. The largest absolute Gasteiger partial charge is 0.493 e. The predicted octanol–water partition coefficient (Wildman–Crippen LogP) is 4.72. The van der Waals surface area contributed by atoms with Crippen LogP contribution in [-0.4, -0.2) is 24.7 Å². The second kappa shape index (κ2) is 6.44. The summed E-state index contributed by atoms with van der Waals surface area (Å²) >= 11 is 7.61. The van der Waals surface area contributed by atoms with Gasteiger partial charge in [0.1, 0.15) is 0 Å². The third-order valence-electron chi connectivity index (χ3n) is 2.52. The molecule has 0 saturated carbocycles. The van der Waals surface area contributed by atoms with Gasteiger partial charge in [-0.05, 0) is 31.5 Å². The van der Waals surface area contributed by atoms with Crippen molar-refractivity contribution in [1.82, 2.24) is 0 Å². The van der Waals surface area contributed by atoms with Crippen LogP contribution < -0.4 is 9.47 Å². The molecule has 1 aliphatic heterocycles. The fraction of sp³-hybridized carbons (Fsp3) is 0.538. The zero-order chi connectivity index (χ0) is 13.1. The van der Waals surface area contributed by atoms with E-state index in [1.54, 1.807) is 7.11 Å². The van der Waals surface area contributed by atoms with Gasteiger partial charge in [0.15, 0.2) is 11.5 Å². The summed E-state index contributed by atoms with van der Waals surface area (Å²) in [6.07, 6.45) is 0.150. The molecule has 100 valence electrons. The van der Waals surface area contributed by atoms with Crippen LogP contribution in [0.4, 0.5) is 0 Å². The van der Waals surface area contributed by atoms with Gasteiger partial charge in [-0.25, -0.2) is 0 Å². The van der Waals surface area contributed by atoms with E-state index in [0.717, 1.165) is 16.0 Å². The molecule has 5 heteroatoms. The van der Waals surface area contributed by atoms with Crippen molar-refractivity contribution in [1.29, 1.82) is 0 Å². The molecule has 0 atom stereocenters. The first-order chi connectivity index (χ1) is 8.61. The lowest BCUT2D eigenvalue weighted by Gasteiger charge is -2.18. The quantitative estimate of drug-likeness (QED) is 0.782. The zero-order valence-corrected chi connectivity index (χ0v) is 14.0. The number of rotatable bonds is 4. The van der Waals surface area contributed by atoms with E-state index in [-0.39, 0.29) is 6.10 Å². The number of ether oxygens (including phenoxy) is 2. The minimum absolute atomic E-state index is 0.150. The standard InChI is InChI=1S/C13H17BrO2S2/c1-8(2)16-12-6-9(13-17-4-5-18-13)10(14)7-11(12)15-3/h6-8,13H,4-5H2,1-3H3. The Morgan fingerprint density at radius 3 is 2.44 bits per heavy atom. The number of methoxy groups -OCH3 is 1. The van der Waals surface area contributed by atoms with Gasteiger partial charge in [0.2, 0.25) is 0 Å². The van der Waals surface area contributed by atoms with Crippen LogP contribution in [0.2, 0.25) is 0 Å². The Hall–Kier alpha value is -0.000000000000000167. The average Bonchev–Trinajstić information content (AvgIpc) is 2.83. The lowest BCUT2D eigenvalue weighted by Crippen LogP contribution is -2.07. The summed E-state index contributed by atoms with van der Waals surface area (Å²) in [5.74, 6) is 4.05. The minimum atomic E-state index is 0.150. The topological polar surface area (TPSA) is 18.5 Å². The smallest absolute Gasteiger partial charge is 0.161 e. The molecule has 0 spiro atoms. The van der Waals surface area contributed by atoms with Crippen LogP contribution in [0.1, 0.15) is 24.0 Å². The van der Waals surface area contributed by atoms with E-state index in [1.807, 2.05) is 43.4 Å². The molecule has 0 unspecified atom stereocenters. The van der Waals surface area contributed by atoms with E-state index in [2.05, 4.69) is 22.0 Å². The third kappa shape index (κ3) is 3.31. The first kappa shape index (κ1) is 14.4. The van der Waals surface area contributed by atoms with Crippen LogP contribution in [0, 0.1) is 0 Å². The van der Waals surface area contributed by atoms with Crippen LogP contribution >= 0.6 is 39.5 Å². The van der Waals surface area contributed by atoms with E-state index in [1.165, 1.54) is 17.1 Å². The highest BCUT2D eigenvalue weighted by atomic mass is 79.9. The van der Waals surface area contributed by atoms with Gasteiger partial charge in [-0.1, -0.05) is 15.9 Å². The van der Waals surface area contributed by atoms with Crippen molar-refractivity contribution < 1.29 is 9.47 Å². The zero-order valence-electron chi connectivity index (χ0n) is 10.7. The van der Waals surface area contributed by atoms with Crippen LogP contribution in [0.3, 0.4) is 0 Å². The number of hydrogen-bond donors (Lipinski definition) is 0. The number of thioether (sulfide) groups is 2. The van der Waals surface area contributed by atoms with Crippen molar-refractivity contribution in [3.8, 4) is 11.5 Å². The van der Waals surface area contributed by atoms with E-state index in [9.17, 15) is 0 Å². The van der Waals surface area contributed by atoms with Crippen LogP contribution in [0.5, 0.6) is 11.5 Å². The van der Waals surface area contributed by atoms with Gasteiger partial charge in [-0.2, -0.15) is 0 Å². The maximum Gasteiger partial charge on any atom is 0.161 e. The first-order valence-corrected chi connectivity index (χ1v) is 8.78. The molecular formula is C13H17BrO2S2. The third-order valence-corrected chi connectivity index (χ3v) is 6.28. The molecule has 1 aromatic rings. The van der Waals surface area contributed by atoms with Crippen molar-refractivity contribution in [2.45, 2.75) is 24.5 Å². The summed E-state index contributed by atoms with van der Waals surface area (Å²) in [6, 6.07) is 4.12. The van der Waals surface area contributed by atoms with Gasteiger partial charge in [0.25, 0.3) is 0 Å². The summed E-state index contributed by atoms with van der Waals surface area (Å²) in [7, 11) is 1.67. The Labute approximate surface area is 125 Å². The Morgan fingerprint density at radius 1 is 1.22 bits per heavy atom. The molecular weight excluding hydrogens is 332 g/mol. The molecule has 18 heavy (non-hydrogen) atoms. The highest BCUT2D eigenvalue weighted by Crippen LogP contribution is 2.49. The van der Waals surface area contributed by atoms with Crippen LogP contribution in [0.15, 0.2) is 16.6 Å². The Balaban J connectivity index is 2.34. The molecule has 2 rings (SSSR count). The number of halogens is 1. The van der Waals surface area contributed by atoms with E-state index < -0.39 is 0 Å². The molecule has 0 bridgehead atoms. The molecule has 2 nitrogen and oxygen atoms in total. The van der Waals surface area contributed by atoms with E-state index in [0.29, 0.717) is 4.58 Å². The fourth-order valence-corrected chi connectivity index (χ4v) is 5.54. The van der Waals surface area contributed by atoms with Gasteiger partial charge in [-0.3, -0.25) is 0 Å². The summed E-state index contributed by atoms with van der Waals surface area (Å²) in [5.41, 5.74) is 1.29. The molecule has 1 aromatic carbocycles. The van der Waals surface area contributed by atoms with Gasteiger partial charge >= 0.3 is 0 Å². The van der Waals surface area contributed by atoms with Crippen molar-refractivity contribution in [2.75, 3.05) is 18.6 Å². The normalized spacial score (nSPS) is 16.3. The Kier molecular flexibility index (Phi) is 5.15. The highest BCUT2D eigenvalue weighted by Gasteiger charge is 2.23. The second-order valence-electron chi connectivity index (χ2n) is 4.26. The number of hydrogen-bond acceptors (Lipinski definition) is 4. The molecule has 0 N–H and O–H groups in total. The van der Waals surface area contributed by atoms with Crippen LogP contribution in [0.25, 0.3) is 0 Å². The molecule has 0 radical (unpaired) electrons. The lowest BCUT2D eigenvalue weighted by molar-refractivity contribution is 0.230. The van der Waals surface area contributed by atoms with Crippen LogP contribution in [-0.2, 0) is 0 Å². The van der Waals surface area contributed by atoms with Crippen molar-refractivity contribution >= 4 is 39.5 Å². The van der Waals surface area contributed by atoms with E-state index >= 15 is 0 Å². The summed E-state index contributed by atoms with van der Waals surface area (Å²) in [6.45, 7) is 4.06. The van der Waals surface area contributed by atoms with Gasteiger partial charge < -0.3 is 9.47 Å². The summed E-state index contributed by atoms with van der Waals surface area (Å²) in [4.78, 5) is 0. The lowest BCUT2D eigenvalue weighted by atomic mass is 10.2. The molecule has 0 aromatic heterocycles. The predicted molar refractivity (Wildman–Crippen MR) is 84.1 cm³/mol. The van der Waals surface area contributed by atoms with Crippen molar-refractivity contribution in [2.24, 2.45) is 0 Å². The summed E-state index contributed by atoms with van der Waals surface area (Å²) in [5, 5.41) is 0. The highest BCUT2D eigenvalue weighted by molar-refractivity contribution is 9.10. The SMILES string of the molecule is COc1cc(Br)c(C2SCCS2)cc1OC(C)C. The minimum Gasteiger partial charge on any atom is -0.493 e. The molecule has 1 heterocycles. The maximum atomic E-state index is 5.83. The molecule has 0 amide bonds. The monoisotopic (exact) mass is 348 g/mol. The van der Waals surface area contributed by atoms with Crippen molar-refractivity contribution in [3.63, 3.8) is 0 Å². The molecule has 0 aliphatic carbocycles. The molecule has 1 saturated heterocycles. The van der Waals surface area contributed by atoms with Crippen molar-refractivity contribution in [3.05, 3.63) is 22.2 Å². The average molecular weight is 349 g/mol. The second-order valence-corrected chi connectivity index (χ2v) is 7.84. The Bertz CT molecular complexity index is 418. The Morgan fingerprint density at radius 2 is 1.89 bits per heavy atom. The van der Waals surface area contributed by atoms with Gasteiger partial charge in [-0.15, -0.1) is 23.5 Å². The van der Waals surface area contributed by atoms with Gasteiger partial charge in [0.05, 0.1) is 17.8 Å². The number of benzene rings is 1. The first-order valence-electron chi connectivity index (χ1n) is 5.89. The fourth-order valence-electron chi connectivity index (χ4n) is 1.78.